The van der Waals surface area contributed by atoms with Crippen LogP contribution in [0.2, 0.25) is 0 Å². The van der Waals surface area contributed by atoms with E-state index in [9.17, 15) is 0 Å². The Morgan fingerprint density at radius 2 is 2.07 bits per heavy atom. The number of ether oxygens (including phenoxy) is 1. The smallest absolute Gasteiger partial charge is 0.107 e. The summed E-state index contributed by atoms with van der Waals surface area (Å²) < 4.78 is 5.13. The van der Waals surface area contributed by atoms with E-state index in [0.29, 0.717) is 13.2 Å². The lowest BCUT2D eigenvalue weighted by Gasteiger charge is -1.95. The second-order valence-corrected chi connectivity index (χ2v) is 2.86. The van der Waals surface area contributed by atoms with Gasteiger partial charge in [-0.25, -0.2) is 0 Å². The molecule has 0 unspecified atom stereocenters. The summed E-state index contributed by atoms with van der Waals surface area (Å²) in [6, 6.07) is 10.2. The van der Waals surface area contributed by atoms with E-state index in [-0.39, 0.29) is 0 Å². The highest BCUT2D eigenvalue weighted by Crippen LogP contribution is 2.01. The maximum absolute atomic E-state index is 5.13. The lowest BCUT2D eigenvalue weighted by atomic mass is 10.2. The van der Waals surface area contributed by atoms with Crippen molar-refractivity contribution in [3.8, 4) is 12.3 Å². The molecule has 14 heavy (non-hydrogen) atoms. The van der Waals surface area contributed by atoms with Gasteiger partial charge < -0.3 is 4.74 Å². The van der Waals surface area contributed by atoms with Gasteiger partial charge in [0.1, 0.15) is 6.61 Å². The maximum atomic E-state index is 5.13. The molecule has 0 saturated carbocycles. The van der Waals surface area contributed by atoms with Crippen molar-refractivity contribution >= 4 is 6.08 Å². The van der Waals surface area contributed by atoms with E-state index in [4.69, 9.17) is 11.2 Å². The number of benzene rings is 1. The Morgan fingerprint density at radius 3 is 2.79 bits per heavy atom. The number of hydrogen-bond acceptors (Lipinski definition) is 1. The Kier molecular flexibility index (Phi) is 5.23. The van der Waals surface area contributed by atoms with Crippen molar-refractivity contribution in [1.82, 2.24) is 0 Å². The topological polar surface area (TPSA) is 9.23 Å². The molecular weight excluding hydrogens is 172 g/mol. The largest absolute Gasteiger partial charge is 0.368 e. The SMILES string of the molecule is C#CCOCC/C=C\c1ccccc1. The highest BCUT2D eigenvalue weighted by molar-refractivity contribution is 5.48. The Bertz CT molecular complexity index is 306. The predicted molar refractivity (Wildman–Crippen MR) is 59.7 cm³/mol. The summed E-state index contributed by atoms with van der Waals surface area (Å²) in [6.45, 7) is 1.09. The van der Waals surface area contributed by atoms with Crippen molar-refractivity contribution in [2.24, 2.45) is 0 Å². The van der Waals surface area contributed by atoms with Crippen LogP contribution in [-0.4, -0.2) is 13.2 Å². The van der Waals surface area contributed by atoms with Crippen LogP contribution in [-0.2, 0) is 4.74 Å². The number of hydrogen-bond donors (Lipinski definition) is 0. The molecule has 1 nitrogen and oxygen atoms in total. The molecule has 0 N–H and O–H groups in total. The van der Waals surface area contributed by atoms with Crippen LogP contribution in [0.15, 0.2) is 36.4 Å². The van der Waals surface area contributed by atoms with Crippen LogP contribution in [0.25, 0.3) is 6.08 Å². The molecule has 0 radical (unpaired) electrons. The summed E-state index contributed by atoms with van der Waals surface area (Å²) in [4.78, 5) is 0. The zero-order valence-electron chi connectivity index (χ0n) is 8.15. The molecule has 1 aromatic carbocycles. The first-order valence-electron chi connectivity index (χ1n) is 4.66. The van der Waals surface area contributed by atoms with Gasteiger partial charge in [0, 0.05) is 0 Å². The molecule has 0 bridgehead atoms. The fraction of sp³-hybridized carbons (Fsp3) is 0.231. The van der Waals surface area contributed by atoms with Crippen molar-refractivity contribution in [3.63, 3.8) is 0 Å². The average Bonchev–Trinajstić information content (AvgIpc) is 2.25. The molecule has 0 heterocycles. The fourth-order valence-corrected chi connectivity index (χ4v) is 1.07. The summed E-state index contributed by atoms with van der Waals surface area (Å²) >= 11 is 0. The van der Waals surface area contributed by atoms with Crippen LogP contribution in [0.4, 0.5) is 0 Å². The Balaban J connectivity index is 2.19. The molecule has 0 aromatic heterocycles. The molecule has 0 aliphatic rings. The van der Waals surface area contributed by atoms with Crippen LogP contribution in [0.5, 0.6) is 0 Å². The minimum atomic E-state index is 0.402. The van der Waals surface area contributed by atoms with Crippen molar-refractivity contribution < 1.29 is 4.74 Å². The summed E-state index contributed by atoms with van der Waals surface area (Å²) in [5.74, 6) is 2.43. The lowest BCUT2D eigenvalue weighted by Crippen LogP contribution is -1.91. The molecule has 1 heteroatoms. The van der Waals surface area contributed by atoms with Gasteiger partial charge in [-0.3, -0.25) is 0 Å². The third kappa shape index (κ3) is 4.49. The zero-order chi connectivity index (χ0) is 10.1. The highest BCUT2D eigenvalue weighted by Gasteiger charge is 1.83. The quantitative estimate of drug-likeness (QED) is 0.507. The van der Waals surface area contributed by atoms with Gasteiger partial charge in [-0.05, 0) is 12.0 Å². The molecule has 1 aromatic rings. The maximum Gasteiger partial charge on any atom is 0.107 e. The van der Waals surface area contributed by atoms with Gasteiger partial charge in [-0.1, -0.05) is 48.4 Å². The number of rotatable bonds is 5. The summed E-state index contributed by atoms with van der Waals surface area (Å²) in [5, 5.41) is 0. The minimum Gasteiger partial charge on any atom is -0.368 e. The molecule has 0 amide bonds. The Hall–Kier alpha value is -1.52. The van der Waals surface area contributed by atoms with Crippen LogP contribution in [0.3, 0.4) is 0 Å². The van der Waals surface area contributed by atoms with E-state index in [2.05, 4.69) is 30.2 Å². The van der Waals surface area contributed by atoms with Gasteiger partial charge in [0.05, 0.1) is 6.61 Å². The normalized spacial score (nSPS) is 10.2. The Morgan fingerprint density at radius 1 is 1.29 bits per heavy atom. The van der Waals surface area contributed by atoms with Gasteiger partial charge in [-0.2, -0.15) is 0 Å². The molecule has 0 spiro atoms. The number of terminal acetylenes is 1. The molecular formula is C13H14O. The molecule has 1 rings (SSSR count). The van der Waals surface area contributed by atoms with Gasteiger partial charge in [0.25, 0.3) is 0 Å². The summed E-state index contributed by atoms with van der Waals surface area (Å²) in [6.07, 6.45) is 10.1. The second-order valence-electron chi connectivity index (χ2n) is 2.86. The van der Waals surface area contributed by atoms with Gasteiger partial charge >= 0.3 is 0 Å². The van der Waals surface area contributed by atoms with Crippen LogP contribution in [0, 0.1) is 12.3 Å². The summed E-state index contributed by atoms with van der Waals surface area (Å²) in [5.41, 5.74) is 1.21. The van der Waals surface area contributed by atoms with Crippen LogP contribution in [0.1, 0.15) is 12.0 Å². The molecule has 0 saturated heterocycles. The van der Waals surface area contributed by atoms with E-state index in [1.807, 2.05) is 18.2 Å². The van der Waals surface area contributed by atoms with Crippen molar-refractivity contribution in [2.75, 3.05) is 13.2 Å². The van der Waals surface area contributed by atoms with E-state index >= 15 is 0 Å². The molecule has 0 fully saturated rings. The van der Waals surface area contributed by atoms with Crippen LogP contribution >= 0.6 is 0 Å². The molecule has 0 atom stereocenters. The first-order valence-corrected chi connectivity index (χ1v) is 4.66. The van der Waals surface area contributed by atoms with Gasteiger partial charge in [0.2, 0.25) is 0 Å². The van der Waals surface area contributed by atoms with E-state index < -0.39 is 0 Å². The first kappa shape index (κ1) is 10.6. The third-order valence-corrected chi connectivity index (χ3v) is 1.72. The van der Waals surface area contributed by atoms with Gasteiger partial charge in [0.15, 0.2) is 0 Å². The Labute approximate surface area is 85.4 Å². The average molecular weight is 186 g/mol. The van der Waals surface area contributed by atoms with Crippen molar-refractivity contribution in [2.45, 2.75) is 6.42 Å². The lowest BCUT2D eigenvalue weighted by molar-refractivity contribution is 0.172. The third-order valence-electron chi connectivity index (χ3n) is 1.72. The molecule has 72 valence electrons. The zero-order valence-corrected chi connectivity index (χ0v) is 8.15. The van der Waals surface area contributed by atoms with E-state index in [0.717, 1.165) is 6.42 Å². The second kappa shape index (κ2) is 6.94. The molecule has 0 aliphatic heterocycles. The predicted octanol–water partition coefficient (Wildman–Crippen LogP) is 2.74. The van der Waals surface area contributed by atoms with Crippen molar-refractivity contribution in [1.29, 1.82) is 0 Å². The fourth-order valence-electron chi connectivity index (χ4n) is 1.07. The summed E-state index contributed by atoms with van der Waals surface area (Å²) in [7, 11) is 0. The monoisotopic (exact) mass is 186 g/mol. The van der Waals surface area contributed by atoms with Crippen molar-refractivity contribution in [3.05, 3.63) is 42.0 Å². The first-order chi connectivity index (χ1) is 6.93. The standard InChI is InChI=1S/C13H14O/c1-2-11-14-12-7-6-10-13-8-4-3-5-9-13/h1,3-6,8-10H,7,11-12H2/b10-6-. The minimum absolute atomic E-state index is 0.402. The van der Waals surface area contributed by atoms with Crippen LogP contribution < -0.4 is 0 Å². The van der Waals surface area contributed by atoms with Gasteiger partial charge in [-0.15, -0.1) is 6.42 Å². The highest BCUT2D eigenvalue weighted by atomic mass is 16.5. The molecule has 0 aliphatic carbocycles. The van der Waals surface area contributed by atoms with E-state index in [1.54, 1.807) is 0 Å². The van der Waals surface area contributed by atoms with E-state index in [1.165, 1.54) is 5.56 Å².